The molecule has 1 aromatic carbocycles. The third-order valence-corrected chi connectivity index (χ3v) is 3.66. The van der Waals surface area contributed by atoms with Crippen molar-refractivity contribution < 1.29 is 19.1 Å². The summed E-state index contributed by atoms with van der Waals surface area (Å²) in [5, 5.41) is 14.7. The molecule has 1 aromatic rings. The van der Waals surface area contributed by atoms with Crippen molar-refractivity contribution in [2.24, 2.45) is 0 Å². The summed E-state index contributed by atoms with van der Waals surface area (Å²) in [7, 11) is 0. The largest absolute Gasteiger partial charge is 0.462 e. The second-order valence-electron chi connectivity index (χ2n) is 5.46. The molecule has 1 heterocycles. The molecule has 1 aliphatic heterocycles. The second kappa shape index (κ2) is 9.45. The minimum absolute atomic E-state index is 0.0206. The monoisotopic (exact) mass is 343 g/mol. The Morgan fingerprint density at radius 1 is 1.40 bits per heavy atom. The molecule has 1 aliphatic rings. The third-order valence-electron chi connectivity index (χ3n) is 3.66. The Labute approximate surface area is 146 Å². The minimum atomic E-state index is -0.450. The first kappa shape index (κ1) is 18.5. The third kappa shape index (κ3) is 5.62. The predicted molar refractivity (Wildman–Crippen MR) is 91.7 cm³/mol. The number of nitrogens with one attached hydrogen (secondary N) is 2. The highest BCUT2D eigenvalue weighted by Gasteiger charge is 2.17. The molecule has 25 heavy (non-hydrogen) atoms. The maximum atomic E-state index is 12.0. The lowest BCUT2D eigenvalue weighted by Gasteiger charge is -2.10. The van der Waals surface area contributed by atoms with Crippen LogP contribution in [0.15, 0.2) is 36.0 Å². The molecule has 132 valence electrons. The Bertz CT molecular complexity index is 671. The number of nitrogens with zero attached hydrogens (tertiary/aromatic N) is 1. The van der Waals surface area contributed by atoms with E-state index in [1.807, 2.05) is 6.07 Å². The number of nitriles is 1. The summed E-state index contributed by atoms with van der Waals surface area (Å²) in [6.45, 7) is 3.16. The van der Waals surface area contributed by atoms with E-state index in [1.54, 1.807) is 31.2 Å². The molecule has 1 saturated heterocycles. The molecule has 2 N–H and O–H groups in total. The van der Waals surface area contributed by atoms with E-state index in [2.05, 4.69) is 10.6 Å². The van der Waals surface area contributed by atoms with E-state index >= 15 is 0 Å². The lowest BCUT2D eigenvalue weighted by Crippen LogP contribution is -2.32. The van der Waals surface area contributed by atoms with Gasteiger partial charge in [-0.15, -0.1) is 0 Å². The van der Waals surface area contributed by atoms with Crippen LogP contribution in [0.5, 0.6) is 0 Å². The van der Waals surface area contributed by atoms with E-state index in [0.717, 1.165) is 12.8 Å². The van der Waals surface area contributed by atoms with Crippen LogP contribution in [0.25, 0.3) is 0 Å². The van der Waals surface area contributed by atoms with Crippen LogP contribution in [-0.2, 0) is 14.3 Å². The van der Waals surface area contributed by atoms with Crippen molar-refractivity contribution in [3.8, 4) is 6.07 Å². The van der Waals surface area contributed by atoms with Gasteiger partial charge in [-0.3, -0.25) is 4.79 Å². The zero-order chi connectivity index (χ0) is 18.1. The molecule has 1 fully saturated rings. The van der Waals surface area contributed by atoms with Gasteiger partial charge in [-0.2, -0.15) is 5.26 Å². The normalized spacial score (nSPS) is 16.8. The number of carbonyl (C=O) groups excluding carboxylic acids is 2. The summed E-state index contributed by atoms with van der Waals surface area (Å²) in [6.07, 6.45) is 3.26. The van der Waals surface area contributed by atoms with Crippen molar-refractivity contribution in [3.63, 3.8) is 0 Å². The first-order valence-electron chi connectivity index (χ1n) is 8.17. The summed E-state index contributed by atoms with van der Waals surface area (Å²) < 4.78 is 10.3. The van der Waals surface area contributed by atoms with Gasteiger partial charge in [-0.05, 0) is 44.0 Å². The summed E-state index contributed by atoms with van der Waals surface area (Å²) in [4.78, 5) is 23.6. The number of esters is 1. The molecule has 2 rings (SSSR count). The molecule has 0 radical (unpaired) electrons. The van der Waals surface area contributed by atoms with Crippen molar-refractivity contribution in [2.75, 3.05) is 25.1 Å². The molecular formula is C18H21N3O4. The Morgan fingerprint density at radius 2 is 2.16 bits per heavy atom. The summed E-state index contributed by atoms with van der Waals surface area (Å²) in [5.74, 6) is -0.843. The van der Waals surface area contributed by atoms with Gasteiger partial charge in [-0.1, -0.05) is 0 Å². The Kier molecular flexibility index (Phi) is 6.99. The Morgan fingerprint density at radius 3 is 2.76 bits per heavy atom. The summed E-state index contributed by atoms with van der Waals surface area (Å²) in [6, 6.07) is 8.42. The number of amides is 1. The molecule has 0 aromatic heterocycles. The van der Waals surface area contributed by atoms with E-state index < -0.39 is 11.9 Å². The maximum Gasteiger partial charge on any atom is 0.338 e. The fourth-order valence-electron chi connectivity index (χ4n) is 2.33. The van der Waals surface area contributed by atoms with Gasteiger partial charge in [0.25, 0.3) is 5.91 Å². The molecular weight excluding hydrogens is 322 g/mol. The first-order valence-corrected chi connectivity index (χ1v) is 8.17. The highest BCUT2D eigenvalue weighted by atomic mass is 16.5. The van der Waals surface area contributed by atoms with Crippen LogP contribution >= 0.6 is 0 Å². The van der Waals surface area contributed by atoms with Gasteiger partial charge >= 0.3 is 5.97 Å². The van der Waals surface area contributed by atoms with Crippen molar-refractivity contribution >= 4 is 17.6 Å². The number of ether oxygens (including phenoxy) is 2. The molecule has 1 unspecified atom stereocenters. The van der Waals surface area contributed by atoms with E-state index in [0.29, 0.717) is 31.0 Å². The van der Waals surface area contributed by atoms with Crippen LogP contribution in [0.1, 0.15) is 30.1 Å². The second-order valence-corrected chi connectivity index (χ2v) is 5.46. The number of hydrogen-bond donors (Lipinski definition) is 2. The minimum Gasteiger partial charge on any atom is -0.462 e. The number of anilines is 1. The molecule has 0 spiro atoms. The highest BCUT2D eigenvalue weighted by molar-refractivity contribution is 5.97. The van der Waals surface area contributed by atoms with Gasteiger partial charge < -0.3 is 20.1 Å². The topological polar surface area (TPSA) is 100 Å². The van der Waals surface area contributed by atoms with E-state index in [-0.39, 0.29) is 11.7 Å². The molecule has 1 amide bonds. The van der Waals surface area contributed by atoms with E-state index in [4.69, 9.17) is 14.7 Å². The van der Waals surface area contributed by atoms with Crippen molar-refractivity contribution in [1.29, 1.82) is 5.26 Å². The SMILES string of the molecule is CCOC(=O)c1ccc(N/C=C(/C#N)C(=O)NCC2CCCO2)cc1. The van der Waals surface area contributed by atoms with Crippen molar-refractivity contribution in [1.82, 2.24) is 5.32 Å². The highest BCUT2D eigenvalue weighted by Crippen LogP contribution is 2.12. The molecule has 0 aliphatic carbocycles. The lowest BCUT2D eigenvalue weighted by molar-refractivity contribution is -0.117. The number of carbonyl (C=O) groups is 2. The Hall–Kier alpha value is -2.85. The molecule has 7 nitrogen and oxygen atoms in total. The average molecular weight is 343 g/mol. The number of benzene rings is 1. The van der Waals surface area contributed by atoms with Crippen LogP contribution in [0.2, 0.25) is 0 Å². The van der Waals surface area contributed by atoms with Crippen LogP contribution < -0.4 is 10.6 Å². The Balaban J connectivity index is 1.89. The van der Waals surface area contributed by atoms with Gasteiger partial charge in [-0.25, -0.2) is 4.79 Å². The summed E-state index contributed by atoms with van der Waals surface area (Å²) >= 11 is 0. The molecule has 0 bridgehead atoms. The van der Waals surface area contributed by atoms with Gasteiger partial charge in [0, 0.05) is 25.0 Å². The van der Waals surface area contributed by atoms with Crippen LogP contribution in [0.4, 0.5) is 5.69 Å². The molecule has 1 atom stereocenters. The van der Waals surface area contributed by atoms with Gasteiger partial charge in [0.2, 0.25) is 0 Å². The maximum absolute atomic E-state index is 12.0. The van der Waals surface area contributed by atoms with E-state index in [9.17, 15) is 9.59 Å². The lowest BCUT2D eigenvalue weighted by atomic mass is 10.2. The molecule has 0 saturated carbocycles. The predicted octanol–water partition coefficient (Wildman–Crippen LogP) is 1.98. The number of hydrogen-bond acceptors (Lipinski definition) is 6. The fraction of sp³-hybridized carbons (Fsp3) is 0.389. The number of rotatable bonds is 7. The van der Waals surface area contributed by atoms with Crippen LogP contribution in [-0.4, -0.2) is 37.7 Å². The van der Waals surface area contributed by atoms with Crippen LogP contribution in [0.3, 0.4) is 0 Å². The fourth-order valence-corrected chi connectivity index (χ4v) is 2.33. The van der Waals surface area contributed by atoms with Crippen LogP contribution in [0, 0.1) is 11.3 Å². The molecule has 7 heteroatoms. The van der Waals surface area contributed by atoms with Gasteiger partial charge in [0.1, 0.15) is 11.6 Å². The quantitative estimate of drug-likeness (QED) is 0.446. The zero-order valence-corrected chi connectivity index (χ0v) is 14.1. The smallest absolute Gasteiger partial charge is 0.338 e. The standard InChI is InChI=1S/C18H21N3O4/c1-2-24-18(23)13-5-7-15(8-6-13)20-11-14(10-19)17(22)21-12-16-4-3-9-25-16/h5-8,11,16,20H,2-4,9,12H2,1H3,(H,21,22)/b14-11-. The van der Waals surface area contributed by atoms with Crippen molar-refractivity contribution in [2.45, 2.75) is 25.9 Å². The van der Waals surface area contributed by atoms with E-state index in [1.165, 1.54) is 6.20 Å². The van der Waals surface area contributed by atoms with Crippen molar-refractivity contribution in [3.05, 3.63) is 41.6 Å². The first-order chi connectivity index (χ1) is 12.1. The average Bonchev–Trinajstić information content (AvgIpc) is 3.14. The summed E-state index contributed by atoms with van der Waals surface area (Å²) in [5.41, 5.74) is 1.05. The van der Waals surface area contributed by atoms with Gasteiger partial charge in [0.05, 0.1) is 18.3 Å². The van der Waals surface area contributed by atoms with Gasteiger partial charge in [0.15, 0.2) is 0 Å². The zero-order valence-electron chi connectivity index (χ0n) is 14.1.